The number of nitrogens with zero attached hydrogens (tertiary/aromatic N) is 4. The molecule has 0 radical (unpaired) electrons. The van der Waals surface area contributed by atoms with Gasteiger partial charge in [-0.25, -0.2) is 5.43 Å². The van der Waals surface area contributed by atoms with Gasteiger partial charge in [-0.15, -0.1) is 0 Å². The molecule has 1 amide bonds. The second-order valence-electron chi connectivity index (χ2n) is 6.62. The van der Waals surface area contributed by atoms with Crippen LogP contribution in [-0.2, 0) is 6.54 Å². The number of hydrazone groups is 1. The Morgan fingerprint density at radius 2 is 2.06 bits per heavy atom. The van der Waals surface area contributed by atoms with Gasteiger partial charge >= 0.3 is 11.7 Å². The molecule has 0 aliphatic rings. The maximum atomic E-state index is 12.4. The fraction of sp³-hybridized carbons (Fsp3) is 0.0952. The van der Waals surface area contributed by atoms with E-state index < -0.39 is 10.8 Å². The van der Waals surface area contributed by atoms with E-state index in [1.807, 2.05) is 36.4 Å². The van der Waals surface area contributed by atoms with Gasteiger partial charge in [-0.1, -0.05) is 24.3 Å². The quantitative estimate of drug-likeness (QED) is 0.232. The van der Waals surface area contributed by atoms with Gasteiger partial charge in [0.25, 0.3) is 0 Å². The zero-order valence-corrected chi connectivity index (χ0v) is 18.3. The van der Waals surface area contributed by atoms with Gasteiger partial charge in [0.2, 0.25) is 0 Å². The number of ether oxygens (including phenoxy) is 1. The number of rotatable bonds is 7. The lowest BCUT2D eigenvalue weighted by atomic mass is 10.0. The Labute approximate surface area is 189 Å². The number of halogens is 1. The highest BCUT2D eigenvalue weighted by molar-refractivity contribution is 9.10. The number of nitrogens with one attached hydrogen (secondary N) is 1. The molecule has 0 unspecified atom stereocenters. The van der Waals surface area contributed by atoms with Crippen LogP contribution in [0.25, 0.3) is 10.8 Å². The molecule has 0 atom stereocenters. The highest BCUT2D eigenvalue weighted by Gasteiger charge is 2.20. The predicted molar refractivity (Wildman–Crippen MR) is 120 cm³/mol. The fourth-order valence-electron chi connectivity index (χ4n) is 3.14. The number of hydrogen-bond acceptors (Lipinski definition) is 7. The van der Waals surface area contributed by atoms with E-state index in [1.54, 1.807) is 19.4 Å². The molecule has 0 aliphatic heterocycles. The van der Waals surface area contributed by atoms with Gasteiger partial charge in [-0.05, 0) is 50.5 Å². The van der Waals surface area contributed by atoms with E-state index in [0.717, 1.165) is 22.1 Å². The molecule has 0 saturated heterocycles. The maximum Gasteiger partial charge on any atom is 0.404 e. The largest absolute Gasteiger partial charge is 0.496 e. The Morgan fingerprint density at radius 1 is 1.28 bits per heavy atom. The third-order valence-corrected chi connectivity index (χ3v) is 5.14. The van der Waals surface area contributed by atoms with E-state index in [1.165, 1.54) is 16.9 Å². The average molecular weight is 498 g/mol. The van der Waals surface area contributed by atoms with Crippen molar-refractivity contribution in [2.24, 2.45) is 5.10 Å². The number of amides is 1. The Morgan fingerprint density at radius 3 is 2.78 bits per heavy atom. The number of benzene rings is 2. The van der Waals surface area contributed by atoms with Crippen molar-refractivity contribution in [1.29, 1.82) is 0 Å². The molecular weight excluding hydrogens is 482 g/mol. The van der Waals surface area contributed by atoms with Gasteiger partial charge in [0.1, 0.15) is 22.5 Å². The zero-order valence-electron chi connectivity index (χ0n) is 16.7. The third kappa shape index (κ3) is 4.37. The van der Waals surface area contributed by atoms with Gasteiger partial charge in [0, 0.05) is 10.9 Å². The highest BCUT2D eigenvalue weighted by Crippen LogP contribution is 2.27. The summed E-state index contributed by atoms with van der Waals surface area (Å²) in [7, 11) is 1.61. The van der Waals surface area contributed by atoms with Crippen LogP contribution in [0.3, 0.4) is 0 Å². The molecule has 10 nitrogen and oxygen atoms in total. The van der Waals surface area contributed by atoms with E-state index in [4.69, 9.17) is 9.15 Å². The zero-order chi connectivity index (χ0) is 22.7. The van der Waals surface area contributed by atoms with Gasteiger partial charge < -0.3 is 19.3 Å². The van der Waals surface area contributed by atoms with Crippen molar-refractivity contribution >= 4 is 44.6 Å². The average Bonchev–Trinajstić information content (AvgIpc) is 3.40. The normalized spacial score (nSPS) is 11.2. The van der Waals surface area contributed by atoms with Gasteiger partial charge in [-0.3, -0.25) is 4.79 Å². The second kappa shape index (κ2) is 9.02. The number of carbonyl (C=O) groups excluding carboxylic acids is 1. The van der Waals surface area contributed by atoms with Crippen LogP contribution in [0.4, 0.5) is 5.82 Å². The van der Waals surface area contributed by atoms with Gasteiger partial charge in [0.05, 0.1) is 24.6 Å². The first-order valence-corrected chi connectivity index (χ1v) is 10.1. The van der Waals surface area contributed by atoms with Gasteiger partial charge in [0.15, 0.2) is 5.76 Å². The number of furan rings is 1. The molecule has 11 heteroatoms. The minimum absolute atomic E-state index is 0.0532. The standard InChI is InChI=1S/C21H16BrN5O5/c1-31-18-8-6-13(15-4-2-3-5-16(15)18)10-23-24-21(28)19-9-7-14(32-19)11-26-12-17(22)20(25-26)27(29)30/h2-10,12H,11H2,1H3,(H,24,28). The molecule has 162 valence electrons. The van der Waals surface area contributed by atoms with E-state index >= 15 is 0 Å². The molecule has 32 heavy (non-hydrogen) atoms. The molecule has 0 bridgehead atoms. The van der Waals surface area contributed by atoms with Crippen LogP contribution < -0.4 is 10.2 Å². The summed E-state index contributed by atoms with van der Waals surface area (Å²) in [6, 6.07) is 14.5. The molecule has 2 heterocycles. The minimum atomic E-state index is -0.592. The lowest BCUT2D eigenvalue weighted by Crippen LogP contribution is -2.16. The van der Waals surface area contributed by atoms with Crippen molar-refractivity contribution in [2.45, 2.75) is 6.54 Å². The van der Waals surface area contributed by atoms with Crippen LogP contribution in [0.15, 0.2) is 68.7 Å². The van der Waals surface area contributed by atoms with Gasteiger partial charge in [-0.2, -0.15) is 9.78 Å². The summed E-state index contributed by atoms with van der Waals surface area (Å²) in [5.74, 6) is 0.384. The number of methoxy groups -OCH3 is 1. The number of hydrogen-bond donors (Lipinski definition) is 1. The SMILES string of the molecule is COc1ccc(C=NNC(=O)c2ccc(Cn3cc(Br)c([N+](=O)[O-])n3)o2)c2ccccc12. The lowest BCUT2D eigenvalue weighted by molar-refractivity contribution is -0.390. The molecule has 0 saturated carbocycles. The minimum Gasteiger partial charge on any atom is -0.496 e. The first-order valence-electron chi connectivity index (χ1n) is 9.31. The lowest BCUT2D eigenvalue weighted by Gasteiger charge is -2.07. The summed E-state index contributed by atoms with van der Waals surface area (Å²) in [5, 5.41) is 20.6. The summed E-state index contributed by atoms with van der Waals surface area (Å²) in [5.41, 5.74) is 3.25. The Balaban J connectivity index is 1.44. The summed E-state index contributed by atoms with van der Waals surface area (Å²) in [6.45, 7) is 0.126. The summed E-state index contributed by atoms with van der Waals surface area (Å²) >= 11 is 3.09. The molecule has 2 aromatic heterocycles. The molecule has 2 aromatic carbocycles. The Kier molecular flexibility index (Phi) is 5.99. The topological polar surface area (TPSA) is 125 Å². The van der Waals surface area contributed by atoms with Crippen LogP contribution in [0, 0.1) is 10.1 Å². The van der Waals surface area contributed by atoms with E-state index in [9.17, 15) is 14.9 Å². The van der Waals surface area contributed by atoms with Crippen molar-refractivity contribution in [2.75, 3.05) is 7.11 Å². The molecule has 0 fully saturated rings. The van der Waals surface area contributed by atoms with Crippen LogP contribution in [0.5, 0.6) is 5.75 Å². The number of fused-ring (bicyclic) bond motifs is 1. The van der Waals surface area contributed by atoms with Crippen molar-refractivity contribution in [1.82, 2.24) is 15.2 Å². The first kappa shape index (κ1) is 21.2. The summed E-state index contributed by atoms with van der Waals surface area (Å²) in [6.07, 6.45) is 3.01. The van der Waals surface area contributed by atoms with Crippen LogP contribution >= 0.6 is 15.9 Å². The van der Waals surface area contributed by atoms with Crippen molar-refractivity contribution < 1.29 is 18.9 Å². The second-order valence-corrected chi connectivity index (χ2v) is 7.48. The van der Waals surface area contributed by atoms with Crippen molar-refractivity contribution in [3.05, 3.63) is 86.4 Å². The summed E-state index contributed by atoms with van der Waals surface area (Å²) in [4.78, 5) is 22.7. The predicted octanol–water partition coefficient (Wildman–Crippen LogP) is 4.12. The fourth-order valence-corrected chi connectivity index (χ4v) is 3.60. The van der Waals surface area contributed by atoms with Crippen LogP contribution in [0.2, 0.25) is 0 Å². The number of carbonyl (C=O) groups is 1. The van der Waals surface area contributed by atoms with Crippen molar-refractivity contribution in [3.63, 3.8) is 0 Å². The first-order chi connectivity index (χ1) is 15.5. The molecule has 4 aromatic rings. The van der Waals surface area contributed by atoms with E-state index in [2.05, 4.69) is 31.6 Å². The molecule has 4 rings (SSSR count). The van der Waals surface area contributed by atoms with E-state index in [-0.39, 0.29) is 22.6 Å². The molecule has 0 aliphatic carbocycles. The molecule has 0 spiro atoms. The molecular formula is C21H16BrN5O5. The van der Waals surface area contributed by atoms with Crippen LogP contribution in [0.1, 0.15) is 21.9 Å². The Hall–Kier alpha value is -3.99. The molecule has 1 N–H and O–H groups in total. The monoisotopic (exact) mass is 497 g/mol. The third-order valence-electron chi connectivity index (χ3n) is 4.58. The number of nitro groups is 1. The maximum absolute atomic E-state index is 12.4. The number of aromatic nitrogens is 2. The highest BCUT2D eigenvalue weighted by atomic mass is 79.9. The van der Waals surface area contributed by atoms with Crippen molar-refractivity contribution in [3.8, 4) is 5.75 Å². The van der Waals surface area contributed by atoms with E-state index in [0.29, 0.717) is 5.76 Å². The summed E-state index contributed by atoms with van der Waals surface area (Å²) < 4.78 is 12.5. The van der Waals surface area contributed by atoms with Crippen LogP contribution in [-0.4, -0.2) is 33.9 Å². The Bertz CT molecular complexity index is 1340. The smallest absolute Gasteiger partial charge is 0.404 e.